The summed E-state index contributed by atoms with van der Waals surface area (Å²) in [6, 6.07) is 5.95. The van der Waals surface area contributed by atoms with E-state index >= 15 is 0 Å². The highest BCUT2D eigenvalue weighted by Gasteiger charge is 2.32. The molecule has 100 valence electrons. The Kier molecular flexibility index (Phi) is 3.91. The monoisotopic (exact) mass is 251 g/mol. The summed E-state index contributed by atoms with van der Waals surface area (Å²) in [6.07, 6.45) is 2.56. The molecule has 18 heavy (non-hydrogen) atoms. The SMILES string of the molecule is CCC1CCC(C)N1c1cccc(F)c1C(C)O. The summed E-state index contributed by atoms with van der Waals surface area (Å²) >= 11 is 0. The lowest BCUT2D eigenvalue weighted by atomic mass is 10.0. The molecule has 2 rings (SSSR count). The molecule has 0 amide bonds. The Morgan fingerprint density at radius 3 is 2.78 bits per heavy atom. The van der Waals surface area contributed by atoms with E-state index in [1.165, 1.54) is 6.07 Å². The maximum atomic E-state index is 13.9. The lowest BCUT2D eigenvalue weighted by molar-refractivity contribution is 0.194. The van der Waals surface area contributed by atoms with Crippen LogP contribution in [0.15, 0.2) is 18.2 Å². The normalized spacial score (nSPS) is 25.5. The maximum absolute atomic E-state index is 13.9. The van der Waals surface area contributed by atoms with Gasteiger partial charge in [0.05, 0.1) is 6.10 Å². The molecule has 0 spiro atoms. The number of hydrogen-bond acceptors (Lipinski definition) is 2. The van der Waals surface area contributed by atoms with Gasteiger partial charge in [-0.15, -0.1) is 0 Å². The summed E-state index contributed by atoms with van der Waals surface area (Å²) in [6.45, 7) is 5.97. The van der Waals surface area contributed by atoms with E-state index in [1.807, 2.05) is 6.07 Å². The molecule has 1 aliphatic heterocycles. The van der Waals surface area contributed by atoms with Gasteiger partial charge in [-0.2, -0.15) is 0 Å². The average molecular weight is 251 g/mol. The number of aliphatic hydroxyl groups excluding tert-OH is 1. The first kappa shape index (κ1) is 13.3. The Balaban J connectivity index is 2.46. The zero-order valence-corrected chi connectivity index (χ0v) is 11.4. The van der Waals surface area contributed by atoms with E-state index in [1.54, 1.807) is 13.0 Å². The number of aliphatic hydroxyl groups is 1. The van der Waals surface area contributed by atoms with Crippen molar-refractivity contribution in [2.45, 2.75) is 58.2 Å². The zero-order chi connectivity index (χ0) is 13.3. The molecule has 1 fully saturated rings. The highest BCUT2D eigenvalue weighted by atomic mass is 19.1. The van der Waals surface area contributed by atoms with Gasteiger partial charge in [0.25, 0.3) is 0 Å². The summed E-state index contributed by atoms with van der Waals surface area (Å²) in [4.78, 5) is 2.28. The molecule has 0 aromatic heterocycles. The molecule has 1 aliphatic rings. The Morgan fingerprint density at radius 1 is 1.44 bits per heavy atom. The predicted octanol–water partition coefficient (Wildman–Crippen LogP) is 3.65. The molecule has 0 radical (unpaired) electrons. The van der Waals surface area contributed by atoms with Crippen LogP contribution in [0.2, 0.25) is 0 Å². The van der Waals surface area contributed by atoms with E-state index in [9.17, 15) is 9.50 Å². The summed E-state index contributed by atoms with van der Waals surface area (Å²) < 4.78 is 13.9. The van der Waals surface area contributed by atoms with Crippen LogP contribution in [0.3, 0.4) is 0 Å². The molecular formula is C15H22FNO. The number of nitrogens with zero attached hydrogens (tertiary/aromatic N) is 1. The van der Waals surface area contributed by atoms with Crippen molar-refractivity contribution in [3.8, 4) is 0 Å². The minimum absolute atomic E-state index is 0.309. The van der Waals surface area contributed by atoms with Crippen LogP contribution >= 0.6 is 0 Å². The van der Waals surface area contributed by atoms with Gasteiger partial charge in [0.1, 0.15) is 5.82 Å². The maximum Gasteiger partial charge on any atom is 0.131 e. The van der Waals surface area contributed by atoms with Gasteiger partial charge in [-0.3, -0.25) is 0 Å². The molecule has 1 aromatic rings. The number of anilines is 1. The number of rotatable bonds is 3. The van der Waals surface area contributed by atoms with Crippen LogP contribution in [-0.2, 0) is 0 Å². The molecule has 3 atom stereocenters. The minimum Gasteiger partial charge on any atom is -0.389 e. The Hall–Kier alpha value is -1.09. The third-order valence-corrected chi connectivity index (χ3v) is 3.98. The number of halogens is 1. The smallest absolute Gasteiger partial charge is 0.131 e. The van der Waals surface area contributed by atoms with Gasteiger partial charge in [0.15, 0.2) is 0 Å². The molecule has 1 aromatic carbocycles. The highest BCUT2D eigenvalue weighted by Crippen LogP contribution is 2.37. The second-order valence-corrected chi connectivity index (χ2v) is 5.24. The standard InChI is InChI=1S/C15H22FNO/c1-4-12-9-8-10(2)17(12)14-7-5-6-13(16)15(14)11(3)18/h5-7,10-12,18H,4,8-9H2,1-3H3. The third kappa shape index (κ3) is 2.24. The molecule has 0 aliphatic carbocycles. The molecular weight excluding hydrogens is 229 g/mol. The van der Waals surface area contributed by atoms with Gasteiger partial charge in [-0.1, -0.05) is 13.0 Å². The van der Waals surface area contributed by atoms with E-state index in [0.29, 0.717) is 17.6 Å². The molecule has 1 heterocycles. The van der Waals surface area contributed by atoms with Gasteiger partial charge in [0, 0.05) is 23.3 Å². The van der Waals surface area contributed by atoms with Crippen molar-refractivity contribution in [1.82, 2.24) is 0 Å². The summed E-state index contributed by atoms with van der Waals surface area (Å²) in [7, 11) is 0. The number of benzene rings is 1. The Bertz CT molecular complexity index is 419. The van der Waals surface area contributed by atoms with Crippen LogP contribution in [-0.4, -0.2) is 17.2 Å². The van der Waals surface area contributed by atoms with Crippen LogP contribution in [0.5, 0.6) is 0 Å². The fraction of sp³-hybridized carbons (Fsp3) is 0.600. The fourth-order valence-electron chi connectivity index (χ4n) is 3.07. The van der Waals surface area contributed by atoms with E-state index in [0.717, 1.165) is 24.9 Å². The van der Waals surface area contributed by atoms with Gasteiger partial charge in [-0.25, -0.2) is 4.39 Å². The van der Waals surface area contributed by atoms with Crippen molar-refractivity contribution in [2.24, 2.45) is 0 Å². The zero-order valence-electron chi connectivity index (χ0n) is 11.4. The van der Waals surface area contributed by atoms with Gasteiger partial charge in [0.2, 0.25) is 0 Å². The molecule has 1 saturated heterocycles. The Morgan fingerprint density at radius 2 is 2.17 bits per heavy atom. The predicted molar refractivity (Wildman–Crippen MR) is 72.3 cm³/mol. The first-order valence-corrected chi connectivity index (χ1v) is 6.81. The van der Waals surface area contributed by atoms with Crippen molar-refractivity contribution >= 4 is 5.69 Å². The van der Waals surface area contributed by atoms with Crippen molar-refractivity contribution < 1.29 is 9.50 Å². The lowest BCUT2D eigenvalue weighted by Gasteiger charge is -2.33. The topological polar surface area (TPSA) is 23.5 Å². The first-order chi connectivity index (χ1) is 8.56. The second-order valence-electron chi connectivity index (χ2n) is 5.24. The van der Waals surface area contributed by atoms with Crippen molar-refractivity contribution in [3.63, 3.8) is 0 Å². The van der Waals surface area contributed by atoms with Gasteiger partial charge in [-0.05, 0) is 45.2 Å². The molecule has 0 saturated carbocycles. The van der Waals surface area contributed by atoms with Crippen LogP contribution < -0.4 is 4.90 Å². The molecule has 3 heteroatoms. The summed E-state index contributed by atoms with van der Waals surface area (Å²) in [5.74, 6) is -0.309. The highest BCUT2D eigenvalue weighted by molar-refractivity contribution is 5.57. The largest absolute Gasteiger partial charge is 0.389 e. The first-order valence-electron chi connectivity index (χ1n) is 6.81. The lowest BCUT2D eigenvalue weighted by Crippen LogP contribution is -2.35. The van der Waals surface area contributed by atoms with Gasteiger partial charge >= 0.3 is 0 Å². The van der Waals surface area contributed by atoms with Crippen LogP contribution in [0.25, 0.3) is 0 Å². The Labute approximate surface area is 108 Å². The van der Waals surface area contributed by atoms with Crippen LogP contribution in [0, 0.1) is 5.82 Å². The van der Waals surface area contributed by atoms with E-state index in [-0.39, 0.29) is 5.82 Å². The quantitative estimate of drug-likeness (QED) is 0.886. The van der Waals surface area contributed by atoms with Crippen molar-refractivity contribution in [2.75, 3.05) is 4.90 Å². The van der Waals surface area contributed by atoms with E-state index in [4.69, 9.17) is 0 Å². The summed E-state index contributed by atoms with van der Waals surface area (Å²) in [5, 5.41) is 9.82. The van der Waals surface area contributed by atoms with E-state index in [2.05, 4.69) is 18.7 Å². The van der Waals surface area contributed by atoms with Crippen molar-refractivity contribution in [3.05, 3.63) is 29.6 Å². The molecule has 1 N–H and O–H groups in total. The molecule has 2 nitrogen and oxygen atoms in total. The third-order valence-electron chi connectivity index (χ3n) is 3.98. The summed E-state index contributed by atoms with van der Waals surface area (Å²) in [5.41, 5.74) is 1.30. The van der Waals surface area contributed by atoms with Crippen molar-refractivity contribution in [1.29, 1.82) is 0 Å². The van der Waals surface area contributed by atoms with Gasteiger partial charge < -0.3 is 10.0 Å². The average Bonchev–Trinajstić information content (AvgIpc) is 2.69. The molecule has 0 bridgehead atoms. The fourth-order valence-corrected chi connectivity index (χ4v) is 3.07. The molecule has 3 unspecified atom stereocenters. The second kappa shape index (κ2) is 5.27. The van der Waals surface area contributed by atoms with E-state index < -0.39 is 6.10 Å². The minimum atomic E-state index is -0.772. The van der Waals surface area contributed by atoms with Crippen LogP contribution in [0.1, 0.15) is 51.7 Å². The number of hydrogen-bond donors (Lipinski definition) is 1. The van der Waals surface area contributed by atoms with Crippen LogP contribution in [0.4, 0.5) is 10.1 Å².